The van der Waals surface area contributed by atoms with Crippen LogP contribution < -0.4 is 4.74 Å². The van der Waals surface area contributed by atoms with Crippen molar-refractivity contribution in [1.29, 1.82) is 0 Å². The van der Waals surface area contributed by atoms with Crippen LogP contribution in [0.5, 0.6) is 11.5 Å². The summed E-state index contributed by atoms with van der Waals surface area (Å²) in [5, 5.41) is 9.17. The molecule has 0 heterocycles. The van der Waals surface area contributed by atoms with Crippen molar-refractivity contribution in [1.82, 2.24) is 4.90 Å². The van der Waals surface area contributed by atoms with Crippen molar-refractivity contribution >= 4 is 0 Å². The Morgan fingerprint density at radius 2 is 2.05 bits per heavy atom. The lowest BCUT2D eigenvalue weighted by atomic mass is 10.1. The molecule has 0 amide bonds. The first-order chi connectivity index (χ1) is 9.25. The molecule has 0 fully saturated rings. The van der Waals surface area contributed by atoms with Gasteiger partial charge in [-0.15, -0.1) is 0 Å². The van der Waals surface area contributed by atoms with Crippen molar-refractivity contribution in [2.24, 2.45) is 0 Å². The molecule has 0 unspecified atom stereocenters. The molecule has 0 radical (unpaired) electrons. The van der Waals surface area contributed by atoms with E-state index in [0.29, 0.717) is 6.61 Å². The molecule has 0 atom stereocenters. The van der Waals surface area contributed by atoms with Gasteiger partial charge in [0.25, 0.3) is 0 Å². The van der Waals surface area contributed by atoms with Gasteiger partial charge in [-0.2, -0.15) is 0 Å². The first kappa shape index (κ1) is 13.5. The molecule has 1 aromatic rings. The highest BCUT2D eigenvalue weighted by molar-refractivity contribution is 5.30. The molecule has 0 bridgehead atoms. The van der Waals surface area contributed by atoms with Crippen LogP contribution in [0, 0.1) is 0 Å². The van der Waals surface area contributed by atoms with E-state index in [-0.39, 0.29) is 5.75 Å². The molecular formula is C16H21NO2. The number of benzene rings is 1. The lowest BCUT2D eigenvalue weighted by Gasteiger charge is -2.23. The summed E-state index contributed by atoms with van der Waals surface area (Å²) in [6.45, 7) is 1.69. The van der Waals surface area contributed by atoms with Crippen molar-refractivity contribution in [2.45, 2.75) is 19.3 Å². The predicted octanol–water partition coefficient (Wildman–Crippen LogP) is 3.33. The van der Waals surface area contributed by atoms with E-state index in [2.05, 4.69) is 30.2 Å². The second-order valence-electron chi connectivity index (χ2n) is 4.74. The zero-order valence-electron chi connectivity index (χ0n) is 11.4. The van der Waals surface area contributed by atoms with E-state index < -0.39 is 0 Å². The van der Waals surface area contributed by atoms with Gasteiger partial charge in [0, 0.05) is 19.3 Å². The van der Waals surface area contributed by atoms with Crippen LogP contribution in [0.15, 0.2) is 48.2 Å². The quantitative estimate of drug-likeness (QED) is 0.795. The number of nitrogens with zero attached hydrogens (tertiary/aromatic N) is 1. The molecule has 0 spiro atoms. The highest BCUT2D eigenvalue weighted by Crippen LogP contribution is 2.17. The predicted molar refractivity (Wildman–Crippen MR) is 77.3 cm³/mol. The van der Waals surface area contributed by atoms with Gasteiger partial charge in [0.15, 0.2) is 0 Å². The zero-order valence-corrected chi connectivity index (χ0v) is 11.4. The van der Waals surface area contributed by atoms with Gasteiger partial charge in [-0.3, -0.25) is 0 Å². The largest absolute Gasteiger partial charge is 0.508 e. The van der Waals surface area contributed by atoms with E-state index in [1.165, 1.54) is 5.70 Å². The third-order valence-electron chi connectivity index (χ3n) is 3.23. The molecule has 0 aliphatic heterocycles. The molecule has 1 aliphatic carbocycles. The number of hydrogen-bond donors (Lipinski definition) is 1. The van der Waals surface area contributed by atoms with Gasteiger partial charge >= 0.3 is 0 Å². The van der Waals surface area contributed by atoms with Crippen LogP contribution >= 0.6 is 0 Å². The summed E-state index contributed by atoms with van der Waals surface area (Å²) in [5.74, 6) is 1.07. The topological polar surface area (TPSA) is 32.7 Å². The number of allylic oxidation sites excluding steroid dienone is 4. The number of phenolic OH excluding ortho intramolecular Hbond substituents is 1. The summed E-state index contributed by atoms with van der Waals surface area (Å²) in [4.78, 5) is 2.30. The summed E-state index contributed by atoms with van der Waals surface area (Å²) in [6.07, 6.45) is 9.77. The number of rotatable bonds is 6. The minimum Gasteiger partial charge on any atom is -0.508 e. The maximum absolute atomic E-state index is 9.17. The van der Waals surface area contributed by atoms with Gasteiger partial charge in [0.1, 0.15) is 11.5 Å². The number of ether oxygens (including phenoxy) is 1. The third kappa shape index (κ3) is 4.36. The fourth-order valence-electron chi connectivity index (χ4n) is 2.09. The average Bonchev–Trinajstić information content (AvgIpc) is 2.46. The Morgan fingerprint density at radius 3 is 2.74 bits per heavy atom. The van der Waals surface area contributed by atoms with Crippen LogP contribution in [0.25, 0.3) is 0 Å². The van der Waals surface area contributed by atoms with Crippen LogP contribution in [0.4, 0.5) is 0 Å². The molecule has 1 aliphatic rings. The Bertz CT molecular complexity index is 448. The maximum Gasteiger partial charge on any atom is 0.119 e. The number of aromatic hydroxyl groups is 1. The van der Waals surface area contributed by atoms with Crippen molar-refractivity contribution in [3.63, 3.8) is 0 Å². The number of hydrogen-bond acceptors (Lipinski definition) is 3. The second-order valence-corrected chi connectivity index (χ2v) is 4.74. The molecule has 1 N–H and O–H groups in total. The standard InChI is InChI=1S/C16H21NO2/c1-17(14-6-3-2-4-7-14)12-5-13-19-16-10-8-15(18)9-11-16/h2-3,6,8-11,18H,4-5,7,12-13H2,1H3. The molecule has 3 heteroatoms. The first-order valence-electron chi connectivity index (χ1n) is 6.74. The molecule has 102 valence electrons. The normalized spacial score (nSPS) is 14.1. The number of phenols is 1. The van der Waals surface area contributed by atoms with Crippen LogP contribution in [0.2, 0.25) is 0 Å². The molecule has 2 rings (SSSR count). The van der Waals surface area contributed by atoms with Crippen LogP contribution in [0.3, 0.4) is 0 Å². The fraction of sp³-hybridized carbons (Fsp3) is 0.375. The SMILES string of the molecule is CN(CCCOc1ccc(O)cc1)C1=CC=CCC1. The van der Waals surface area contributed by atoms with Crippen LogP contribution in [-0.2, 0) is 0 Å². The Labute approximate surface area is 114 Å². The molecule has 19 heavy (non-hydrogen) atoms. The Kier molecular flexibility index (Phi) is 4.90. The van der Waals surface area contributed by atoms with E-state index >= 15 is 0 Å². The first-order valence-corrected chi connectivity index (χ1v) is 6.74. The lowest BCUT2D eigenvalue weighted by molar-refractivity contribution is 0.281. The van der Waals surface area contributed by atoms with E-state index in [1.54, 1.807) is 24.3 Å². The van der Waals surface area contributed by atoms with Crippen molar-refractivity contribution < 1.29 is 9.84 Å². The lowest BCUT2D eigenvalue weighted by Crippen LogP contribution is -2.21. The van der Waals surface area contributed by atoms with Gasteiger partial charge < -0.3 is 14.7 Å². The summed E-state index contributed by atoms with van der Waals surface area (Å²) in [5.41, 5.74) is 1.40. The minimum absolute atomic E-state index is 0.268. The summed E-state index contributed by atoms with van der Waals surface area (Å²) < 4.78 is 5.63. The second kappa shape index (κ2) is 6.88. The van der Waals surface area contributed by atoms with E-state index in [1.807, 2.05) is 0 Å². The molecule has 1 aromatic carbocycles. The molecule has 0 aromatic heterocycles. The minimum atomic E-state index is 0.268. The molecule has 3 nitrogen and oxygen atoms in total. The van der Waals surface area contributed by atoms with Crippen LogP contribution in [0.1, 0.15) is 19.3 Å². The molecule has 0 saturated heterocycles. The summed E-state index contributed by atoms with van der Waals surface area (Å²) in [6, 6.07) is 6.85. The van der Waals surface area contributed by atoms with Gasteiger partial charge in [-0.25, -0.2) is 0 Å². The smallest absolute Gasteiger partial charge is 0.119 e. The van der Waals surface area contributed by atoms with Gasteiger partial charge in [0.05, 0.1) is 6.61 Å². The fourth-order valence-corrected chi connectivity index (χ4v) is 2.09. The van der Waals surface area contributed by atoms with E-state index in [4.69, 9.17) is 4.74 Å². The molecular weight excluding hydrogens is 238 g/mol. The van der Waals surface area contributed by atoms with E-state index in [9.17, 15) is 5.11 Å². The average molecular weight is 259 g/mol. The van der Waals surface area contributed by atoms with Gasteiger partial charge in [-0.05, 0) is 49.6 Å². The monoisotopic (exact) mass is 259 g/mol. The van der Waals surface area contributed by atoms with E-state index in [0.717, 1.165) is 31.6 Å². The third-order valence-corrected chi connectivity index (χ3v) is 3.23. The Hall–Kier alpha value is -1.90. The van der Waals surface area contributed by atoms with Gasteiger partial charge in [0.2, 0.25) is 0 Å². The Balaban J connectivity index is 1.67. The van der Waals surface area contributed by atoms with Crippen LogP contribution in [-0.4, -0.2) is 30.2 Å². The Morgan fingerprint density at radius 1 is 1.26 bits per heavy atom. The zero-order chi connectivity index (χ0) is 13.5. The molecule has 0 saturated carbocycles. The van der Waals surface area contributed by atoms with Crippen molar-refractivity contribution in [2.75, 3.05) is 20.2 Å². The highest BCUT2D eigenvalue weighted by Gasteiger charge is 2.05. The highest BCUT2D eigenvalue weighted by atomic mass is 16.5. The van der Waals surface area contributed by atoms with Crippen molar-refractivity contribution in [3.8, 4) is 11.5 Å². The summed E-state index contributed by atoms with van der Waals surface area (Å²) in [7, 11) is 2.13. The van der Waals surface area contributed by atoms with Crippen molar-refractivity contribution in [3.05, 3.63) is 48.2 Å². The summed E-state index contributed by atoms with van der Waals surface area (Å²) >= 11 is 0. The van der Waals surface area contributed by atoms with Gasteiger partial charge in [-0.1, -0.05) is 12.2 Å². The maximum atomic E-state index is 9.17.